The largest absolute Gasteiger partial charge is 0.374 e. The van der Waals surface area contributed by atoms with Gasteiger partial charge >= 0.3 is 0 Å². The number of carbonyl (C=O) groups is 1. The number of nitrogens with zero attached hydrogens (tertiary/aromatic N) is 1. The van der Waals surface area contributed by atoms with Crippen LogP contribution in [0.3, 0.4) is 0 Å². The summed E-state index contributed by atoms with van der Waals surface area (Å²) in [5, 5.41) is 13.8. The molecule has 0 aliphatic carbocycles. The number of amides is 1. The second-order valence-electron chi connectivity index (χ2n) is 6.09. The van der Waals surface area contributed by atoms with Crippen molar-refractivity contribution in [2.45, 2.75) is 26.0 Å². The smallest absolute Gasteiger partial charge is 0.282 e. The molecule has 0 saturated heterocycles. The van der Waals surface area contributed by atoms with Gasteiger partial charge in [-0.1, -0.05) is 42.5 Å². The topological polar surface area (TPSA) is 81.5 Å². The third-order valence-electron chi connectivity index (χ3n) is 3.37. The number of hydrogen-bond donors (Lipinski definition) is 1. The highest BCUT2D eigenvalue weighted by molar-refractivity contribution is 5.98. The van der Waals surface area contributed by atoms with E-state index >= 15 is 0 Å². The molecule has 0 spiro atoms. The van der Waals surface area contributed by atoms with Crippen LogP contribution >= 0.6 is 0 Å². The minimum absolute atomic E-state index is 0.0404. The molecule has 0 radical (unpaired) electrons. The van der Waals surface area contributed by atoms with Crippen LogP contribution in [0, 0.1) is 10.1 Å². The monoisotopic (exact) mass is 328 g/mol. The van der Waals surface area contributed by atoms with Crippen molar-refractivity contribution in [3.8, 4) is 0 Å². The van der Waals surface area contributed by atoms with E-state index in [0.29, 0.717) is 6.61 Å². The lowest BCUT2D eigenvalue weighted by Crippen LogP contribution is -2.47. The number of benzene rings is 2. The summed E-state index contributed by atoms with van der Waals surface area (Å²) in [5.74, 6) is -0.490. The van der Waals surface area contributed by atoms with Gasteiger partial charge in [0, 0.05) is 6.07 Å². The number of carbonyl (C=O) groups excluding carboxylic acids is 1. The molecule has 0 unspecified atom stereocenters. The van der Waals surface area contributed by atoms with E-state index in [-0.39, 0.29) is 17.9 Å². The second-order valence-corrected chi connectivity index (χ2v) is 6.09. The van der Waals surface area contributed by atoms with Gasteiger partial charge in [0.15, 0.2) is 0 Å². The molecule has 0 aliphatic heterocycles. The van der Waals surface area contributed by atoms with E-state index in [2.05, 4.69) is 5.32 Å². The standard InChI is InChI=1S/C18H20N2O4/c1-18(2,13-24-12-14-8-4-3-5-9-14)19-17(21)15-10-6-7-11-16(15)20(22)23/h3-11H,12-13H2,1-2H3,(H,19,21). The SMILES string of the molecule is CC(C)(COCc1ccccc1)NC(=O)c1ccccc1[N+](=O)[O-]. The van der Waals surface area contributed by atoms with Gasteiger partial charge in [-0.15, -0.1) is 0 Å². The summed E-state index contributed by atoms with van der Waals surface area (Å²) in [6.45, 7) is 4.34. The van der Waals surface area contributed by atoms with Crippen LogP contribution in [0.5, 0.6) is 0 Å². The Balaban J connectivity index is 1.96. The zero-order valence-corrected chi connectivity index (χ0v) is 13.7. The Kier molecular flexibility index (Phi) is 5.65. The molecule has 1 amide bonds. The van der Waals surface area contributed by atoms with Crippen molar-refractivity contribution in [3.63, 3.8) is 0 Å². The molecule has 0 saturated carbocycles. The number of ether oxygens (including phenoxy) is 1. The maximum atomic E-state index is 12.3. The molecule has 0 aliphatic rings. The van der Waals surface area contributed by atoms with Crippen molar-refractivity contribution in [1.29, 1.82) is 0 Å². The Morgan fingerprint density at radius 2 is 1.75 bits per heavy atom. The van der Waals surface area contributed by atoms with Crippen molar-refractivity contribution in [1.82, 2.24) is 5.32 Å². The summed E-state index contributed by atoms with van der Waals surface area (Å²) in [5.41, 5.74) is 0.211. The van der Waals surface area contributed by atoms with Crippen LogP contribution in [0.25, 0.3) is 0 Å². The molecule has 0 bridgehead atoms. The molecule has 2 aromatic carbocycles. The van der Waals surface area contributed by atoms with Crippen LogP contribution in [-0.4, -0.2) is 23.0 Å². The van der Waals surface area contributed by atoms with Gasteiger partial charge in [-0.2, -0.15) is 0 Å². The first-order valence-electron chi connectivity index (χ1n) is 7.57. The Morgan fingerprint density at radius 3 is 2.42 bits per heavy atom. The quantitative estimate of drug-likeness (QED) is 0.624. The average Bonchev–Trinajstić information content (AvgIpc) is 2.55. The number of para-hydroxylation sites is 1. The van der Waals surface area contributed by atoms with Gasteiger partial charge in [0.1, 0.15) is 5.56 Å². The molecular formula is C18H20N2O4. The summed E-state index contributed by atoms with van der Waals surface area (Å²) in [4.78, 5) is 22.8. The number of nitrogens with one attached hydrogen (secondary N) is 1. The van der Waals surface area contributed by atoms with Crippen LogP contribution in [0.15, 0.2) is 54.6 Å². The van der Waals surface area contributed by atoms with Crippen LogP contribution in [-0.2, 0) is 11.3 Å². The lowest BCUT2D eigenvalue weighted by Gasteiger charge is -2.26. The second kappa shape index (κ2) is 7.70. The molecule has 2 rings (SSSR count). The molecule has 0 heterocycles. The Bertz CT molecular complexity index is 714. The fraction of sp³-hybridized carbons (Fsp3) is 0.278. The van der Waals surface area contributed by atoms with E-state index in [1.165, 1.54) is 18.2 Å². The summed E-state index contributed by atoms with van der Waals surface area (Å²) in [7, 11) is 0. The highest BCUT2D eigenvalue weighted by Gasteiger charge is 2.26. The summed E-state index contributed by atoms with van der Waals surface area (Å²) in [6, 6.07) is 15.6. The van der Waals surface area contributed by atoms with Crippen molar-refractivity contribution in [3.05, 3.63) is 75.8 Å². The predicted molar refractivity (Wildman–Crippen MR) is 90.7 cm³/mol. The van der Waals surface area contributed by atoms with Crippen LogP contribution in [0.1, 0.15) is 29.8 Å². The molecular weight excluding hydrogens is 308 g/mol. The van der Waals surface area contributed by atoms with Gasteiger partial charge < -0.3 is 10.1 Å². The molecule has 1 N–H and O–H groups in total. The number of nitro benzene ring substituents is 1. The minimum Gasteiger partial charge on any atom is -0.374 e. The minimum atomic E-state index is -0.657. The van der Waals surface area contributed by atoms with E-state index in [9.17, 15) is 14.9 Å². The maximum Gasteiger partial charge on any atom is 0.282 e. The molecule has 6 nitrogen and oxygen atoms in total. The zero-order valence-electron chi connectivity index (χ0n) is 13.7. The van der Waals surface area contributed by atoms with Crippen LogP contribution < -0.4 is 5.32 Å². The van der Waals surface area contributed by atoms with Gasteiger partial charge in [-0.25, -0.2) is 0 Å². The van der Waals surface area contributed by atoms with Crippen molar-refractivity contribution >= 4 is 11.6 Å². The maximum absolute atomic E-state index is 12.3. The third-order valence-corrected chi connectivity index (χ3v) is 3.37. The summed E-state index contributed by atoms with van der Waals surface area (Å²) in [6.07, 6.45) is 0. The van der Waals surface area contributed by atoms with E-state index < -0.39 is 16.4 Å². The van der Waals surface area contributed by atoms with Crippen molar-refractivity contribution < 1.29 is 14.5 Å². The summed E-state index contributed by atoms with van der Waals surface area (Å²) < 4.78 is 5.65. The van der Waals surface area contributed by atoms with Gasteiger partial charge in [0.25, 0.3) is 11.6 Å². The van der Waals surface area contributed by atoms with Gasteiger partial charge in [0.05, 0.1) is 23.7 Å². The molecule has 0 aromatic heterocycles. The molecule has 0 fully saturated rings. The normalized spacial score (nSPS) is 11.1. The first-order valence-corrected chi connectivity index (χ1v) is 7.57. The molecule has 2 aromatic rings. The number of nitro groups is 1. The van der Waals surface area contributed by atoms with Gasteiger partial charge in [0.2, 0.25) is 0 Å². The third kappa shape index (κ3) is 4.89. The number of hydrogen-bond acceptors (Lipinski definition) is 4. The molecule has 24 heavy (non-hydrogen) atoms. The average molecular weight is 328 g/mol. The van der Waals surface area contributed by atoms with Crippen molar-refractivity contribution in [2.75, 3.05) is 6.61 Å². The zero-order chi connectivity index (χ0) is 17.6. The highest BCUT2D eigenvalue weighted by atomic mass is 16.6. The molecule has 6 heteroatoms. The van der Waals surface area contributed by atoms with E-state index in [1.54, 1.807) is 6.07 Å². The highest BCUT2D eigenvalue weighted by Crippen LogP contribution is 2.18. The Hall–Kier alpha value is -2.73. The van der Waals surface area contributed by atoms with Crippen LogP contribution in [0.2, 0.25) is 0 Å². The fourth-order valence-electron chi connectivity index (χ4n) is 2.23. The van der Waals surface area contributed by atoms with Crippen molar-refractivity contribution in [2.24, 2.45) is 0 Å². The Morgan fingerprint density at radius 1 is 1.12 bits per heavy atom. The lowest BCUT2D eigenvalue weighted by molar-refractivity contribution is -0.385. The number of rotatable bonds is 7. The fourth-order valence-corrected chi connectivity index (χ4v) is 2.23. The van der Waals surface area contributed by atoms with Gasteiger partial charge in [-0.05, 0) is 25.5 Å². The van der Waals surface area contributed by atoms with E-state index in [4.69, 9.17) is 4.74 Å². The lowest BCUT2D eigenvalue weighted by atomic mass is 10.1. The summed E-state index contributed by atoms with van der Waals surface area (Å²) >= 11 is 0. The van der Waals surface area contributed by atoms with E-state index in [1.807, 2.05) is 44.2 Å². The predicted octanol–water partition coefficient (Wildman–Crippen LogP) is 3.32. The first kappa shape index (κ1) is 17.6. The first-order chi connectivity index (χ1) is 11.4. The Labute approximate surface area is 140 Å². The van der Waals surface area contributed by atoms with Crippen LogP contribution in [0.4, 0.5) is 5.69 Å². The van der Waals surface area contributed by atoms with E-state index in [0.717, 1.165) is 5.56 Å². The molecule has 126 valence electrons. The van der Waals surface area contributed by atoms with Gasteiger partial charge in [-0.3, -0.25) is 14.9 Å². The molecule has 0 atom stereocenters.